The van der Waals surface area contributed by atoms with Gasteiger partial charge < -0.3 is 9.47 Å². The number of ether oxygens (including phenoxy) is 2. The zero-order valence-electron chi connectivity index (χ0n) is 22.0. The molecule has 248 valence electrons. The summed E-state index contributed by atoms with van der Waals surface area (Å²) in [5.74, 6) is -1.70. The second-order valence-corrected chi connectivity index (χ2v) is 9.43. The highest BCUT2D eigenvalue weighted by Crippen LogP contribution is 2.40. The number of hydrogen-bond acceptors (Lipinski definition) is 8. The van der Waals surface area contributed by atoms with E-state index in [0.29, 0.717) is 24.3 Å². The predicted molar refractivity (Wildman–Crippen MR) is 131 cm³/mol. The van der Waals surface area contributed by atoms with Gasteiger partial charge in [-0.3, -0.25) is 4.98 Å². The maximum Gasteiger partial charge on any atom is 0.416 e. The first kappa shape index (κ1) is 33.2. The normalized spacial score (nSPS) is 12.8. The summed E-state index contributed by atoms with van der Waals surface area (Å²) >= 11 is 5.90. The predicted octanol–water partition coefficient (Wildman–Crippen LogP) is 8.36. The van der Waals surface area contributed by atoms with Crippen LogP contribution in [0.2, 0.25) is 5.15 Å². The average Bonchev–Trinajstić information content (AvgIpc) is 3.60. The average molecular weight is 705 g/mol. The van der Waals surface area contributed by atoms with Crippen molar-refractivity contribution in [1.29, 1.82) is 0 Å². The highest BCUT2D eigenvalue weighted by atomic mass is 35.5. The molecule has 23 heteroatoms. The molecule has 0 saturated carbocycles. The second kappa shape index (κ2) is 11.6. The molecule has 0 radical (unpaired) electrons. The Hall–Kier alpha value is -5.15. The SMILES string of the molecule is FC(F)(F)c1cc(-c2n[nH]c(Oc3nc(Cl)cc(Oc4nnc(-c5cc(C(F)(F)F)cc(C(F)(F)F)c5)[nH]4)n3)n2)cc(C(F)(F)F)c1. The zero-order chi connectivity index (χ0) is 34.5. The Labute approximate surface area is 255 Å². The summed E-state index contributed by atoms with van der Waals surface area (Å²) < 4.78 is 169. The zero-order valence-corrected chi connectivity index (χ0v) is 22.7. The number of alkyl halides is 12. The Kier molecular flexibility index (Phi) is 8.18. The minimum Gasteiger partial charge on any atom is -0.405 e. The Morgan fingerprint density at radius 2 is 1.06 bits per heavy atom. The summed E-state index contributed by atoms with van der Waals surface area (Å²) in [4.78, 5) is 13.4. The van der Waals surface area contributed by atoms with Crippen molar-refractivity contribution in [3.05, 3.63) is 69.9 Å². The quantitative estimate of drug-likeness (QED) is 0.133. The van der Waals surface area contributed by atoms with Crippen molar-refractivity contribution in [2.75, 3.05) is 0 Å². The van der Waals surface area contributed by atoms with Gasteiger partial charge >= 0.3 is 42.7 Å². The number of halogens is 13. The number of rotatable bonds is 6. The molecule has 3 heterocycles. The first-order valence-electron chi connectivity index (χ1n) is 12.0. The van der Waals surface area contributed by atoms with Crippen molar-refractivity contribution in [2.24, 2.45) is 0 Å². The highest BCUT2D eigenvalue weighted by Gasteiger charge is 2.38. The lowest BCUT2D eigenvalue weighted by Gasteiger charge is -2.13. The summed E-state index contributed by atoms with van der Waals surface area (Å²) in [7, 11) is 0. The van der Waals surface area contributed by atoms with Gasteiger partial charge in [0.2, 0.25) is 5.88 Å². The second-order valence-electron chi connectivity index (χ2n) is 9.05. The molecule has 0 fully saturated rings. The van der Waals surface area contributed by atoms with Crippen LogP contribution >= 0.6 is 11.6 Å². The lowest BCUT2D eigenvalue weighted by Crippen LogP contribution is -2.11. The molecule has 3 aromatic heterocycles. The maximum atomic E-state index is 13.2. The van der Waals surface area contributed by atoms with E-state index in [2.05, 4.69) is 40.3 Å². The van der Waals surface area contributed by atoms with Crippen molar-refractivity contribution >= 4 is 11.6 Å². The molecule has 0 unspecified atom stereocenters. The Morgan fingerprint density at radius 1 is 0.553 bits per heavy atom. The molecule has 5 rings (SSSR count). The summed E-state index contributed by atoms with van der Waals surface area (Å²) in [5, 5.41) is 12.2. The third-order valence-corrected chi connectivity index (χ3v) is 5.87. The molecule has 2 aromatic carbocycles. The van der Waals surface area contributed by atoms with Gasteiger partial charge in [0.1, 0.15) is 5.15 Å². The fraction of sp³-hybridized carbons (Fsp3) is 0.167. The van der Waals surface area contributed by atoms with Crippen LogP contribution in [0.25, 0.3) is 22.8 Å². The molecule has 5 aromatic rings. The number of aromatic nitrogens is 8. The lowest BCUT2D eigenvalue weighted by molar-refractivity contribution is -0.144. The van der Waals surface area contributed by atoms with Crippen molar-refractivity contribution in [2.45, 2.75) is 24.7 Å². The molecule has 2 N–H and O–H groups in total. The summed E-state index contributed by atoms with van der Waals surface area (Å²) in [5.41, 5.74) is -7.81. The molecular weight excluding hydrogens is 696 g/mol. The number of hydrogen-bond donors (Lipinski definition) is 2. The third kappa shape index (κ3) is 7.81. The summed E-state index contributed by atoms with van der Waals surface area (Å²) in [6.07, 6.45) is -20.5. The van der Waals surface area contributed by atoms with E-state index in [1.165, 1.54) is 0 Å². The lowest BCUT2D eigenvalue weighted by atomic mass is 10.0. The van der Waals surface area contributed by atoms with E-state index in [1.54, 1.807) is 0 Å². The van der Waals surface area contributed by atoms with E-state index in [1.807, 2.05) is 0 Å². The van der Waals surface area contributed by atoms with E-state index in [4.69, 9.17) is 21.1 Å². The van der Waals surface area contributed by atoms with Gasteiger partial charge in [-0.1, -0.05) is 16.7 Å². The molecule has 0 atom stereocenters. The van der Waals surface area contributed by atoms with E-state index in [9.17, 15) is 52.7 Å². The van der Waals surface area contributed by atoms with Crippen LogP contribution in [0.3, 0.4) is 0 Å². The molecule has 0 spiro atoms. The number of aromatic amines is 2. The van der Waals surface area contributed by atoms with E-state index in [-0.39, 0.29) is 17.3 Å². The van der Waals surface area contributed by atoms with E-state index >= 15 is 0 Å². The van der Waals surface area contributed by atoms with Gasteiger partial charge in [-0.05, 0) is 36.4 Å². The van der Waals surface area contributed by atoms with Gasteiger partial charge in [0.05, 0.1) is 22.3 Å². The minimum absolute atomic E-state index is 0.0847. The molecule has 0 amide bonds. The van der Waals surface area contributed by atoms with Crippen molar-refractivity contribution in [1.82, 2.24) is 40.3 Å². The molecule has 10 nitrogen and oxygen atoms in total. The van der Waals surface area contributed by atoms with Crippen LogP contribution in [0.4, 0.5) is 52.7 Å². The van der Waals surface area contributed by atoms with Crippen LogP contribution in [-0.4, -0.2) is 40.3 Å². The minimum atomic E-state index is -5.14. The van der Waals surface area contributed by atoms with Crippen LogP contribution in [-0.2, 0) is 24.7 Å². The first-order chi connectivity index (χ1) is 21.6. The maximum absolute atomic E-state index is 13.2. The molecule has 0 aliphatic heterocycles. The van der Waals surface area contributed by atoms with Crippen molar-refractivity contribution < 1.29 is 62.2 Å². The van der Waals surface area contributed by atoms with Crippen LogP contribution in [0.5, 0.6) is 23.9 Å². The number of nitrogens with one attached hydrogen (secondary N) is 2. The van der Waals surface area contributed by atoms with Gasteiger partial charge in [0, 0.05) is 17.2 Å². The fourth-order valence-electron chi connectivity index (χ4n) is 3.68. The molecule has 0 saturated heterocycles. The topological polar surface area (TPSA) is 127 Å². The van der Waals surface area contributed by atoms with Gasteiger partial charge in [0.25, 0.3) is 0 Å². The Bertz CT molecular complexity index is 1730. The van der Waals surface area contributed by atoms with Crippen LogP contribution < -0.4 is 9.47 Å². The molecule has 47 heavy (non-hydrogen) atoms. The summed E-state index contributed by atoms with van der Waals surface area (Å²) in [6, 6.07) is 0.398. The molecular formula is C24H9ClF12N8O2. The Morgan fingerprint density at radius 3 is 1.57 bits per heavy atom. The molecule has 0 bridgehead atoms. The fourth-order valence-corrected chi connectivity index (χ4v) is 3.85. The Balaban J connectivity index is 1.38. The number of benzene rings is 2. The monoisotopic (exact) mass is 704 g/mol. The number of nitrogens with zero attached hydrogens (tertiary/aromatic N) is 6. The summed E-state index contributed by atoms with van der Waals surface area (Å²) in [6.45, 7) is 0. The molecule has 0 aliphatic carbocycles. The van der Waals surface area contributed by atoms with Crippen molar-refractivity contribution in [3.8, 4) is 46.7 Å². The highest BCUT2D eigenvalue weighted by molar-refractivity contribution is 6.29. The standard InChI is InChI=1S/C24H9ClF12N8O2/c25-14-7-15(46-19-40-16(42-44-19)8-1-10(21(26,27)28)5-11(2-8)22(29,30)31)39-18(38-14)47-20-41-17(43-45-20)9-3-12(23(32,33)34)6-13(4-9)24(35,36)37/h1-7H,(H,40,42,44)(H,41,43,45). The van der Waals surface area contributed by atoms with Crippen LogP contribution in [0.1, 0.15) is 22.3 Å². The van der Waals surface area contributed by atoms with E-state index < -0.39 is 93.6 Å². The first-order valence-corrected chi connectivity index (χ1v) is 12.4. The van der Waals surface area contributed by atoms with Gasteiger partial charge in [-0.2, -0.15) is 72.7 Å². The number of H-pyrrole nitrogens is 2. The smallest absolute Gasteiger partial charge is 0.405 e. The van der Waals surface area contributed by atoms with Crippen LogP contribution in [0.15, 0.2) is 42.5 Å². The molecule has 0 aliphatic rings. The van der Waals surface area contributed by atoms with Gasteiger partial charge in [0.15, 0.2) is 11.6 Å². The van der Waals surface area contributed by atoms with Crippen molar-refractivity contribution in [3.63, 3.8) is 0 Å². The van der Waals surface area contributed by atoms with Gasteiger partial charge in [-0.25, -0.2) is 5.10 Å². The van der Waals surface area contributed by atoms with Crippen LogP contribution in [0, 0.1) is 0 Å². The van der Waals surface area contributed by atoms with E-state index in [0.717, 1.165) is 6.07 Å². The van der Waals surface area contributed by atoms with Gasteiger partial charge in [-0.15, -0.1) is 5.10 Å². The third-order valence-electron chi connectivity index (χ3n) is 5.68. The largest absolute Gasteiger partial charge is 0.416 e.